The normalized spacial score (nSPS) is 22.5. The maximum Gasteiger partial charge on any atom is 0.0281 e. The van der Waals surface area contributed by atoms with Gasteiger partial charge in [0.2, 0.25) is 0 Å². The summed E-state index contributed by atoms with van der Waals surface area (Å²) in [6, 6.07) is 16.0. The maximum absolute atomic E-state index is 3.67. The lowest BCUT2D eigenvalue weighted by Gasteiger charge is -2.46. The number of fused-ring (bicyclic) bond motifs is 1. The Hall–Kier alpha value is -1.38. The van der Waals surface area contributed by atoms with E-state index in [2.05, 4.69) is 73.5 Å². The summed E-state index contributed by atoms with van der Waals surface area (Å²) in [5, 5.41) is 6.40. The molecule has 0 aromatic heterocycles. The molecule has 0 bridgehead atoms. The van der Waals surface area contributed by atoms with Crippen LogP contribution in [0.15, 0.2) is 42.5 Å². The molecule has 21 heavy (non-hydrogen) atoms. The summed E-state index contributed by atoms with van der Waals surface area (Å²) < 4.78 is 0. The molecule has 0 saturated carbocycles. The molecule has 0 amide bonds. The third-order valence-corrected chi connectivity index (χ3v) is 4.85. The van der Waals surface area contributed by atoms with Gasteiger partial charge in [0, 0.05) is 31.2 Å². The average Bonchev–Trinajstić information content (AvgIpc) is 2.49. The lowest BCUT2D eigenvalue weighted by atomic mass is 9.94. The first-order chi connectivity index (χ1) is 10.1. The quantitative estimate of drug-likeness (QED) is 0.921. The predicted molar refractivity (Wildman–Crippen MR) is 90.5 cm³/mol. The van der Waals surface area contributed by atoms with Gasteiger partial charge in [0.25, 0.3) is 0 Å². The van der Waals surface area contributed by atoms with E-state index in [0.29, 0.717) is 6.04 Å². The molecule has 3 rings (SSSR count). The van der Waals surface area contributed by atoms with E-state index >= 15 is 0 Å². The number of nitrogens with one attached hydrogen (secondary N) is 1. The van der Waals surface area contributed by atoms with E-state index < -0.39 is 0 Å². The van der Waals surface area contributed by atoms with Crippen LogP contribution < -0.4 is 5.32 Å². The molecular weight excluding hydrogens is 256 g/mol. The molecule has 2 nitrogen and oxygen atoms in total. The first-order valence-corrected chi connectivity index (χ1v) is 8.05. The average molecular weight is 282 g/mol. The molecule has 1 heterocycles. The summed E-state index contributed by atoms with van der Waals surface area (Å²) in [6.45, 7) is 10.2. The Morgan fingerprint density at radius 3 is 2.71 bits per heavy atom. The Bertz CT molecular complexity index is 612. The SMILES string of the molecule is CCC1CN(Cc2cccc3ccccc23)C(C)(C)CN1. The molecule has 1 atom stereocenters. The molecule has 2 aromatic carbocycles. The van der Waals surface area contributed by atoms with Gasteiger partial charge in [-0.25, -0.2) is 0 Å². The highest BCUT2D eigenvalue weighted by molar-refractivity contribution is 5.85. The molecule has 0 spiro atoms. The van der Waals surface area contributed by atoms with Gasteiger partial charge < -0.3 is 5.32 Å². The van der Waals surface area contributed by atoms with Crippen molar-refractivity contribution in [2.75, 3.05) is 13.1 Å². The van der Waals surface area contributed by atoms with Crippen molar-refractivity contribution < 1.29 is 0 Å². The van der Waals surface area contributed by atoms with Gasteiger partial charge in [0.15, 0.2) is 0 Å². The summed E-state index contributed by atoms with van der Waals surface area (Å²) in [4.78, 5) is 2.64. The van der Waals surface area contributed by atoms with Gasteiger partial charge >= 0.3 is 0 Å². The summed E-state index contributed by atoms with van der Waals surface area (Å²) in [5.74, 6) is 0. The minimum atomic E-state index is 0.211. The van der Waals surface area contributed by atoms with Gasteiger partial charge in [0.05, 0.1) is 0 Å². The maximum atomic E-state index is 3.67. The highest BCUT2D eigenvalue weighted by Gasteiger charge is 2.33. The van der Waals surface area contributed by atoms with E-state index in [-0.39, 0.29) is 5.54 Å². The fourth-order valence-electron chi connectivity index (χ4n) is 3.27. The van der Waals surface area contributed by atoms with Crippen LogP contribution in [0.2, 0.25) is 0 Å². The largest absolute Gasteiger partial charge is 0.311 e. The van der Waals surface area contributed by atoms with Crippen LogP contribution in [0.1, 0.15) is 32.8 Å². The third-order valence-electron chi connectivity index (χ3n) is 4.85. The molecule has 2 heteroatoms. The van der Waals surface area contributed by atoms with Gasteiger partial charge in [-0.15, -0.1) is 0 Å². The first kappa shape index (κ1) is 14.6. The summed E-state index contributed by atoms with van der Waals surface area (Å²) in [5.41, 5.74) is 1.65. The zero-order valence-electron chi connectivity index (χ0n) is 13.4. The summed E-state index contributed by atoms with van der Waals surface area (Å²) in [7, 11) is 0. The van der Waals surface area contributed by atoms with E-state index in [1.54, 1.807) is 0 Å². The van der Waals surface area contributed by atoms with Crippen LogP contribution in [0, 0.1) is 0 Å². The fraction of sp³-hybridized carbons (Fsp3) is 0.474. The van der Waals surface area contributed by atoms with Crippen LogP contribution in [-0.2, 0) is 6.54 Å². The van der Waals surface area contributed by atoms with Crippen molar-refractivity contribution in [2.45, 2.75) is 45.3 Å². The van der Waals surface area contributed by atoms with Crippen LogP contribution in [0.25, 0.3) is 10.8 Å². The molecule has 1 saturated heterocycles. The number of piperazine rings is 1. The molecule has 1 fully saturated rings. The van der Waals surface area contributed by atoms with Crippen molar-refractivity contribution in [3.63, 3.8) is 0 Å². The Morgan fingerprint density at radius 1 is 1.14 bits per heavy atom. The van der Waals surface area contributed by atoms with Crippen LogP contribution in [0.5, 0.6) is 0 Å². The van der Waals surface area contributed by atoms with E-state index in [1.807, 2.05) is 0 Å². The Morgan fingerprint density at radius 2 is 1.90 bits per heavy atom. The lowest BCUT2D eigenvalue weighted by molar-refractivity contribution is 0.0581. The highest BCUT2D eigenvalue weighted by Crippen LogP contribution is 2.26. The van der Waals surface area contributed by atoms with Crippen molar-refractivity contribution in [1.29, 1.82) is 0 Å². The molecule has 1 unspecified atom stereocenters. The Balaban J connectivity index is 1.89. The van der Waals surface area contributed by atoms with E-state index in [9.17, 15) is 0 Å². The van der Waals surface area contributed by atoms with Gasteiger partial charge in [-0.1, -0.05) is 49.4 Å². The molecule has 0 aliphatic carbocycles. The van der Waals surface area contributed by atoms with Crippen LogP contribution in [0.4, 0.5) is 0 Å². The van der Waals surface area contributed by atoms with E-state index in [1.165, 1.54) is 22.8 Å². The fourth-order valence-corrected chi connectivity index (χ4v) is 3.27. The minimum absolute atomic E-state index is 0.211. The molecule has 112 valence electrons. The van der Waals surface area contributed by atoms with Crippen molar-refractivity contribution >= 4 is 10.8 Å². The standard InChI is InChI=1S/C19H26N2/c1-4-17-13-21(19(2,3)14-20-17)12-16-10-7-9-15-8-5-6-11-18(15)16/h5-11,17,20H,4,12-14H2,1-3H3. The highest BCUT2D eigenvalue weighted by atomic mass is 15.3. The third kappa shape index (κ3) is 2.97. The van der Waals surface area contributed by atoms with Crippen LogP contribution in [-0.4, -0.2) is 29.6 Å². The number of hydrogen-bond donors (Lipinski definition) is 1. The molecule has 1 N–H and O–H groups in total. The second kappa shape index (κ2) is 5.78. The molecular formula is C19H26N2. The van der Waals surface area contributed by atoms with Crippen molar-refractivity contribution in [3.8, 4) is 0 Å². The van der Waals surface area contributed by atoms with Crippen LogP contribution in [0.3, 0.4) is 0 Å². The smallest absolute Gasteiger partial charge is 0.0281 e. The first-order valence-electron chi connectivity index (χ1n) is 8.05. The molecule has 2 aromatic rings. The Kier molecular flexibility index (Phi) is 4.01. The lowest BCUT2D eigenvalue weighted by Crippen LogP contribution is -2.61. The second-order valence-corrected chi connectivity index (χ2v) is 6.82. The van der Waals surface area contributed by atoms with Crippen LogP contribution >= 0.6 is 0 Å². The second-order valence-electron chi connectivity index (χ2n) is 6.82. The summed E-state index contributed by atoms with van der Waals surface area (Å²) in [6.07, 6.45) is 1.20. The molecule has 1 aliphatic heterocycles. The molecule has 0 radical (unpaired) electrons. The zero-order valence-corrected chi connectivity index (χ0v) is 13.4. The van der Waals surface area contributed by atoms with Gasteiger partial charge in [0.1, 0.15) is 0 Å². The van der Waals surface area contributed by atoms with Gasteiger partial charge in [-0.3, -0.25) is 4.90 Å². The number of rotatable bonds is 3. The minimum Gasteiger partial charge on any atom is -0.311 e. The number of hydrogen-bond acceptors (Lipinski definition) is 2. The predicted octanol–water partition coefficient (Wildman–Crippen LogP) is 3.80. The van der Waals surface area contributed by atoms with Crippen molar-refractivity contribution in [1.82, 2.24) is 10.2 Å². The molecule has 1 aliphatic rings. The summed E-state index contributed by atoms with van der Waals surface area (Å²) >= 11 is 0. The number of benzene rings is 2. The van der Waals surface area contributed by atoms with Crippen molar-refractivity contribution in [2.24, 2.45) is 0 Å². The Labute approximate surface area is 128 Å². The number of nitrogens with zero attached hydrogens (tertiary/aromatic N) is 1. The van der Waals surface area contributed by atoms with Crippen molar-refractivity contribution in [3.05, 3.63) is 48.0 Å². The van der Waals surface area contributed by atoms with E-state index in [0.717, 1.165) is 19.6 Å². The monoisotopic (exact) mass is 282 g/mol. The zero-order chi connectivity index (χ0) is 14.9. The van der Waals surface area contributed by atoms with Gasteiger partial charge in [-0.2, -0.15) is 0 Å². The van der Waals surface area contributed by atoms with Gasteiger partial charge in [-0.05, 0) is 36.6 Å². The van der Waals surface area contributed by atoms with E-state index in [4.69, 9.17) is 0 Å². The topological polar surface area (TPSA) is 15.3 Å².